The van der Waals surface area contributed by atoms with Gasteiger partial charge in [-0.15, -0.1) is 0 Å². The van der Waals surface area contributed by atoms with Crippen molar-refractivity contribution in [3.8, 4) is 23.0 Å². The molecule has 0 spiro atoms. The molecule has 0 radical (unpaired) electrons. The average molecular weight is 334 g/mol. The van der Waals surface area contributed by atoms with Gasteiger partial charge in [0.25, 0.3) is 0 Å². The molecule has 0 unspecified atom stereocenters. The molecule has 2 nitrogen and oxygen atoms in total. The van der Waals surface area contributed by atoms with Gasteiger partial charge < -0.3 is 9.47 Å². The summed E-state index contributed by atoms with van der Waals surface area (Å²) in [5, 5.41) is 0.640. The molecular weight excluding hydrogens is 330 g/mol. The third-order valence-electron chi connectivity index (χ3n) is 2.46. The van der Waals surface area contributed by atoms with Crippen LogP contribution in [-0.4, -0.2) is 0 Å². The smallest absolute Gasteiger partial charge is 0.191 e. The summed E-state index contributed by atoms with van der Waals surface area (Å²) in [6.07, 6.45) is 0. The molecule has 3 rings (SSSR count). The largest absolute Gasteiger partial charge is 0.448 e. The van der Waals surface area contributed by atoms with Crippen molar-refractivity contribution in [1.82, 2.24) is 0 Å². The fourth-order valence-corrected chi connectivity index (χ4v) is 2.51. The van der Waals surface area contributed by atoms with E-state index in [1.54, 1.807) is 12.1 Å². The zero-order valence-electron chi connectivity index (χ0n) is 8.64. The summed E-state index contributed by atoms with van der Waals surface area (Å²) < 4.78 is 11.3. The van der Waals surface area contributed by atoms with Gasteiger partial charge in [0.15, 0.2) is 23.0 Å². The predicted molar refractivity (Wildman–Crippen MR) is 73.1 cm³/mol. The zero-order valence-corrected chi connectivity index (χ0v) is 11.7. The lowest BCUT2D eigenvalue weighted by Crippen LogP contribution is -2.00. The standard InChI is InChI=1S/C12H4Cl4O2/c13-7-8(14)10(16)12-11(9(7)15)17-5-3-1-2-4-6(5)18-12/h1-4H/i1+1,2+1,3+1,4+1,5+1,6+1,7+1,8+1,9+1,10+1,11+1,12+1. The highest BCUT2D eigenvalue weighted by Gasteiger charge is 2.28. The number of benzene rings is 2. The van der Waals surface area contributed by atoms with Gasteiger partial charge in [-0.2, -0.15) is 0 Å². The van der Waals surface area contributed by atoms with Crippen LogP contribution in [0, 0.1) is 0 Å². The van der Waals surface area contributed by atoms with Crippen LogP contribution in [0.1, 0.15) is 0 Å². The van der Waals surface area contributed by atoms with Gasteiger partial charge >= 0.3 is 0 Å². The Bertz CT molecular complexity index is 599. The summed E-state index contributed by atoms with van der Waals surface area (Å²) in [7, 11) is 0. The number of rotatable bonds is 0. The summed E-state index contributed by atoms with van der Waals surface area (Å²) in [5.41, 5.74) is 0. The predicted octanol–water partition coefficient (Wildman–Crippen LogP) is 6.20. The van der Waals surface area contributed by atoms with Crippen molar-refractivity contribution in [3.05, 3.63) is 44.4 Å². The van der Waals surface area contributed by atoms with Gasteiger partial charge in [-0.1, -0.05) is 58.5 Å². The Morgan fingerprint density at radius 1 is 0.611 bits per heavy atom. The Labute approximate surface area is 123 Å². The maximum absolute atomic E-state index is 6.07. The minimum absolute atomic E-state index is 0.144. The van der Waals surface area contributed by atoms with Gasteiger partial charge in [-0.3, -0.25) is 0 Å². The van der Waals surface area contributed by atoms with Gasteiger partial charge in [0, 0.05) is 0 Å². The van der Waals surface area contributed by atoms with E-state index in [4.69, 9.17) is 55.9 Å². The summed E-state index contributed by atoms with van der Waals surface area (Å²) in [6.45, 7) is 0. The van der Waals surface area contributed by atoms with Crippen LogP contribution < -0.4 is 9.47 Å². The number of ether oxygens (including phenoxy) is 2. The molecule has 18 heavy (non-hydrogen) atoms. The second-order valence-electron chi connectivity index (χ2n) is 3.57. The maximum Gasteiger partial charge on any atom is 0.191 e. The molecule has 92 valence electrons. The van der Waals surface area contributed by atoms with Crippen molar-refractivity contribution in [2.24, 2.45) is 0 Å². The third-order valence-corrected chi connectivity index (χ3v) is 4.22. The van der Waals surface area contributed by atoms with Gasteiger partial charge in [0.2, 0.25) is 0 Å². The molecule has 0 N–H and O–H groups in total. The summed E-state index contributed by atoms with van der Waals surface area (Å²) >= 11 is 24.1. The Morgan fingerprint density at radius 3 is 1.39 bits per heavy atom. The second-order valence-corrected chi connectivity index (χ2v) is 5.08. The number of para-hydroxylation sites is 2. The van der Waals surface area contributed by atoms with E-state index in [-0.39, 0.29) is 31.6 Å². The van der Waals surface area contributed by atoms with Gasteiger partial charge in [-0.05, 0) is 12.1 Å². The number of halogens is 4. The van der Waals surface area contributed by atoms with Crippen LogP contribution >= 0.6 is 46.4 Å². The molecule has 0 fully saturated rings. The van der Waals surface area contributed by atoms with Gasteiger partial charge in [0.1, 0.15) is 10.0 Å². The van der Waals surface area contributed by atoms with E-state index in [0.717, 1.165) is 0 Å². The quantitative estimate of drug-likeness (QED) is 0.360. The third kappa shape index (κ3) is 1.72. The van der Waals surface area contributed by atoms with Crippen molar-refractivity contribution in [2.45, 2.75) is 0 Å². The monoisotopic (exact) mass is 332 g/mol. The van der Waals surface area contributed by atoms with E-state index in [2.05, 4.69) is 0 Å². The summed E-state index contributed by atoms with van der Waals surface area (Å²) in [4.78, 5) is 0. The first-order valence-corrected chi connectivity index (χ1v) is 6.41. The molecule has 1 aliphatic heterocycles. The molecule has 0 aliphatic carbocycles. The molecule has 2 aromatic rings. The zero-order chi connectivity index (χ0) is 12.9. The van der Waals surface area contributed by atoms with E-state index in [9.17, 15) is 0 Å². The first kappa shape index (κ1) is 12.2. The van der Waals surface area contributed by atoms with Crippen LogP contribution in [-0.2, 0) is 0 Å². The summed E-state index contributed by atoms with van der Waals surface area (Å²) in [5.74, 6) is 1.63. The SMILES string of the molecule is Cl[13c]1[13c](Cl)[13c](Cl)[13c]2[13c]([13c]1Cl)O[13c]1[13cH][13cH][13cH][13cH][13c]1O2. The number of hydrogen-bond donors (Lipinski definition) is 0. The molecule has 0 amide bonds. The van der Waals surface area contributed by atoms with E-state index in [0.29, 0.717) is 11.5 Å². The first-order chi connectivity index (χ1) is 8.59. The van der Waals surface area contributed by atoms with Crippen molar-refractivity contribution < 1.29 is 9.47 Å². The van der Waals surface area contributed by atoms with Crippen molar-refractivity contribution >= 4 is 46.4 Å². The van der Waals surface area contributed by atoms with Gasteiger partial charge in [0.05, 0.1) is 10.0 Å². The van der Waals surface area contributed by atoms with E-state index in [1.165, 1.54) is 0 Å². The maximum atomic E-state index is 6.07. The molecular formula is C12H4Cl4O2. The molecule has 0 atom stereocenters. The fourth-order valence-electron chi connectivity index (χ4n) is 1.61. The Morgan fingerprint density at radius 2 is 1.00 bits per heavy atom. The molecule has 1 heterocycles. The second kappa shape index (κ2) is 4.39. The molecule has 6 heteroatoms. The van der Waals surface area contributed by atoms with Crippen molar-refractivity contribution in [3.63, 3.8) is 0 Å². The Hall–Kier alpha value is -0.800. The molecule has 0 saturated heterocycles. The highest BCUT2D eigenvalue weighted by molar-refractivity contribution is 6.53. The average Bonchev–Trinajstić information content (AvgIpc) is 2.41. The fraction of sp³-hybridized carbons (Fsp3) is 0. The number of fused-ring (bicyclic) bond motifs is 2. The highest BCUT2D eigenvalue weighted by Crippen LogP contribution is 2.56. The number of hydrogen-bond acceptors (Lipinski definition) is 2. The highest BCUT2D eigenvalue weighted by atomic mass is 35.5. The van der Waals surface area contributed by atoms with E-state index in [1.807, 2.05) is 12.1 Å². The van der Waals surface area contributed by atoms with Crippen LogP contribution in [0.15, 0.2) is 24.3 Å². The molecule has 0 saturated carbocycles. The van der Waals surface area contributed by atoms with Crippen molar-refractivity contribution in [1.29, 1.82) is 0 Å². The van der Waals surface area contributed by atoms with Crippen molar-refractivity contribution in [2.75, 3.05) is 0 Å². The molecule has 0 bridgehead atoms. The lowest BCUT2D eigenvalue weighted by Gasteiger charge is -2.23. The van der Waals surface area contributed by atoms with Crippen LogP contribution in [0.25, 0.3) is 0 Å². The Balaban J connectivity index is 2.25. The van der Waals surface area contributed by atoms with Crippen LogP contribution in [0.3, 0.4) is 0 Å². The van der Waals surface area contributed by atoms with Crippen LogP contribution in [0.5, 0.6) is 23.0 Å². The molecule has 0 aromatic heterocycles. The lowest BCUT2D eigenvalue weighted by molar-refractivity contribution is 0.360. The first-order valence-electron chi connectivity index (χ1n) is 4.90. The Kier molecular flexibility index (Phi) is 2.99. The molecule has 1 aliphatic rings. The lowest BCUT2D eigenvalue weighted by atomic mass is 11.2. The minimum Gasteiger partial charge on any atom is -0.448 e. The van der Waals surface area contributed by atoms with E-state index >= 15 is 0 Å². The van der Waals surface area contributed by atoms with Crippen LogP contribution in [0.2, 0.25) is 20.1 Å². The van der Waals surface area contributed by atoms with Gasteiger partial charge in [-0.25, -0.2) is 0 Å². The summed E-state index contributed by atoms with van der Waals surface area (Å²) in [6, 6.07) is 7.15. The normalized spacial score (nSPS) is 12.2. The van der Waals surface area contributed by atoms with E-state index < -0.39 is 0 Å². The topological polar surface area (TPSA) is 18.5 Å². The molecule has 2 aromatic carbocycles. The minimum atomic E-state index is 0.144. The van der Waals surface area contributed by atoms with Crippen LogP contribution in [0.4, 0.5) is 0 Å².